The summed E-state index contributed by atoms with van der Waals surface area (Å²) in [6.45, 7) is -0.375. The van der Waals surface area contributed by atoms with Crippen LogP contribution in [0.1, 0.15) is 30.7 Å². The first kappa shape index (κ1) is 21.1. The highest BCUT2D eigenvalue weighted by Crippen LogP contribution is 2.48. The van der Waals surface area contributed by atoms with E-state index in [2.05, 4.69) is 4.98 Å². The predicted molar refractivity (Wildman–Crippen MR) is 104 cm³/mol. The molecule has 3 N–H and O–H groups in total. The molecule has 1 aliphatic carbocycles. The van der Waals surface area contributed by atoms with E-state index in [4.69, 9.17) is 10.5 Å². The number of halogens is 5. The largest absolute Gasteiger partial charge is 0.490 e. The summed E-state index contributed by atoms with van der Waals surface area (Å²) in [5.41, 5.74) is 6.87. The first-order chi connectivity index (χ1) is 14.7. The number of H-pyrrole nitrogens is 1. The van der Waals surface area contributed by atoms with Crippen molar-refractivity contribution in [3.8, 4) is 17.0 Å². The van der Waals surface area contributed by atoms with E-state index in [0.717, 1.165) is 12.1 Å². The lowest BCUT2D eigenvalue weighted by Crippen LogP contribution is -2.34. The molecule has 31 heavy (non-hydrogen) atoms. The van der Waals surface area contributed by atoms with Crippen molar-refractivity contribution in [3.63, 3.8) is 0 Å². The number of hydrogen-bond donors (Lipinski definition) is 2. The number of primary amides is 1. The summed E-state index contributed by atoms with van der Waals surface area (Å²) >= 11 is 0. The molecule has 1 heterocycles. The molecule has 0 bridgehead atoms. The van der Waals surface area contributed by atoms with Gasteiger partial charge in [-0.15, -0.1) is 0 Å². The van der Waals surface area contributed by atoms with Gasteiger partial charge in [0, 0.05) is 29.4 Å². The molecule has 4 nitrogen and oxygen atoms in total. The highest BCUT2D eigenvalue weighted by molar-refractivity contribution is 5.92. The molecule has 1 aromatic heterocycles. The van der Waals surface area contributed by atoms with Crippen LogP contribution in [0.25, 0.3) is 22.2 Å². The summed E-state index contributed by atoms with van der Waals surface area (Å²) in [6.07, 6.45) is -2.29. The van der Waals surface area contributed by atoms with Gasteiger partial charge in [0.25, 0.3) is 0 Å². The van der Waals surface area contributed by atoms with Gasteiger partial charge in [-0.3, -0.25) is 4.79 Å². The smallest absolute Gasteiger partial charge is 0.241 e. The highest BCUT2D eigenvalue weighted by Gasteiger charge is 2.37. The Balaban J connectivity index is 1.77. The van der Waals surface area contributed by atoms with Gasteiger partial charge in [0.1, 0.15) is 11.6 Å². The number of carbonyl (C=O) groups is 1. The second-order valence-corrected chi connectivity index (χ2v) is 7.66. The van der Waals surface area contributed by atoms with Crippen LogP contribution in [0.5, 0.6) is 5.75 Å². The molecule has 0 saturated heterocycles. The van der Waals surface area contributed by atoms with E-state index in [9.17, 15) is 26.7 Å². The Morgan fingerprint density at radius 2 is 1.87 bits per heavy atom. The van der Waals surface area contributed by atoms with Crippen molar-refractivity contribution in [3.05, 3.63) is 53.3 Å². The van der Waals surface area contributed by atoms with Crippen LogP contribution in [-0.4, -0.2) is 23.9 Å². The van der Waals surface area contributed by atoms with Gasteiger partial charge < -0.3 is 15.5 Å². The molecule has 2 aromatic carbocycles. The molecule has 0 radical (unpaired) electrons. The molecule has 0 unspecified atom stereocenters. The normalized spacial score (nSPS) is 18.4. The molecular formula is C22H19F5N2O2. The van der Waals surface area contributed by atoms with Crippen molar-refractivity contribution >= 4 is 16.8 Å². The minimum Gasteiger partial charge on any atom is -0.490 e. The fourth-order valence-electron chi connectivity index (χ4n) is 4.01. The van der Waals surface area contributed by atoms with Gasteiger partial charge in [-0.2, -0.15) is 0 Å². The monoisotopic (exact) mass is 438 g/mol. The average molecular weight is 438 g/mol. The maximum absolute atomic E-state index is 14.4. The third kappa shape index (κ3) is 4.08. The molecule has 9 heteroatoms. The fourth-order valence-corrected chi connectivity index (χ4v) is 4.01. The second kappa shape index (κ2) is 8.20. The Morgan fingerprint density at radius 1 is 1.13 bits per heavy atom. The van der Waals surface area contributed by atoms with Crippen molar-refractivity contribution in [1.29, 1.82) is 0 Å². The summed E-state index contributed by atoms with van der Waals surface area (Å²) in [7, 11) is 0. The Hall–Kier alpha value is -3.10. The Kier molecular flexibility index (Phi) is 5.60. The van der Waals surface area contributed by atoms with Gasteiger partial charge in [-0.25, -0.2) is 22.0 Å². The van der Waals surface area contributed by atoms with Crippen LogP contribution in [-0.2, 0) is 4.79 Å². The number of nitrogens with two attached hydrogens (primary N) is 1. The lowest BCUT2D eigenvalue weighted by Gasteiger charge is -2.34. The number of alkyl halides is 2. The number of fused-ring (bicyclic) bond motifs is 1. The van der Waals surface area contributed by atoms with Gasteiger partial charge >= 0.3 is 0 Å². The maximum Gasteiger partial charge on any atom is 0.241 e. The van der Waals surface area contributed by atoms with Gasteiger partial charge in [-0.05, 0) is 48.6 Å². The topological polar surface area (TPSA) is 68.1 Å². The molecule has 0 spiro atoms. The van der Waals surface area contributed by atoms with E-state index in [-0.39, 0.29) is 29.7 Å². The van der Waals surface area contributed by atoms with Crippen molar-refractivity contribution in [2.75, 3.05) is 6.61 Å². The van der Waals surface area contributed by atoms with Crippen LogP contribution in [0.2, 0.25) is 0 Å². The average Bonchev–Trinajstić information content (AvgIpc) is 3.01. The van der Waals surface area contributed by atoms with Gasteiger partial charge in [0.15, 0.2) is 11.6 Å². The lowest BCUT2D eigenvalue weighted by atomic mass is 9.70. The number of carbonyl (C=O) groups excluding carboxylic acids is 1. The van der Waals surface area contributed by atoms with E-state index in [1.807, 2.05) is 0 Å². The van der Waals surface area contributed by atoms with Crippen molar-refractivity contribution in [1.82, 2.24) is 4.98 Å². The molecule has 0 atom stereocenters. The van der Waals surface area contributed by atoms with Crippen LogP contribution in [0.4, 0.5) is 22.0 Å². The Labute approximate surface area is 174 Å². The molecule has 4 rings (SSSR count). The molecule has 164 valence electrons. The van der Waals surface area contributed by atoms with E-state index in [1.165, 1.54) is 18.2 Å². The van der Waals surface area contributed by atoms with Crippen molar-refractivity contribution < 1.29 is 31.5 Å². The van der Waals surface area contributed by atoms with E-state index in [1.54, 1.807) is 0 Å². The summed E-state index contributed by atoms with van der Waals surface area (Å²) in [4.78, 5) is 14.4. The number of nitrogens with one attached hydrogen (secondary N) is 1. The van der Waals surface area contributed by atoms with Crippen LogP contribution in [0, 0.1) is 23.4 Å². The van der Waals surface area contributed by atoms with Gasteiger partial charge in [0.05, 0.1) is 17.8 Å². The zero-order chi connectivity index (χ0) is 22.3. The Bertz CT molecular complexity index is 1140. The number of rotatable bonds is 7. The van der Waals surface area contributed by atoms with Crippen LogP contribution < -0.4 is 10.5 Å². The summed E-state index contributed by atoms with van der Waals surface area (Å²) < 4.78 is 72.4. The first-order valence-electron chi connectivity index (χ1n) is 9.75. The molecule has 1 aliphatic rings. The van der Waals surface area contributed by atoms with E-state index < -0.39 is 36.2 Å². The molecule has 1 saturated carbocycles. The number of aromatic amines is 1. The second-order valence-electron chi connectivity index (χ2n) is 7.66. The first-order valence-corrected chi connectivity index (χ1v) is 9.75. The number of ether oxygens (including phenoxy) is 1. The molecular weight excluding hydrogens is 419 g/mol. The quantitative estimate of drug-likeness (QED) is 0.494. The molecule has 1 amide bonds. The van der Waals surface area contributed by atoms with Crippen molar-refractivity contribution in [2.24, 2.45) is 11.7 Å². The lowest BCUT2D eigenvalue weighted by molar-refractivity contribution is -0.124. The van der Waals surface area contributed by atoms with Gasteiger partial charge in [-0.1, -0.05) is 0 Å². The molecule has 3 aromatic rings. The number of amides is 1. The van der Waals surface area contributed by atoms with Crippen molar-refractivity contribution in [2.45, 2.75) is 31.6 Å². The predicted octanol–water partition coefficient (Wildman–Crippen LogP) is 5.27. The van der Waals surface area contributed by atoms with Crippen LogP contribution in [0.3, 0.4) is 0 Å². The van der Waals surface area contributed by atoms with Crippen LogP contribution in [0.15, 0.2) is 30.3 Å². The zero-order valence-corrected chi connectivity index (χ0v) is 16.2. The number of benzene rings is 2. The Morgan fingerprint density at radius 3 is 2.55 bits per heavy atom. The SMILES string of the molecule is NC(=O)C1CC(c2c(-c3ccc(F)c(OCCC(F)F)c3)[nH]c3c(F)cc(F)cc23)C1. The third-order valence-electron chi connectivity index (χ3n) is 5.63. The molecule has 1 fully saturated rings. The third-order valence-corrected chi connectivity index (χ3v) is 5.63. The van der Waals surface area contributed by atoms with Gasteiger partial charge in [0.2, 0.25) is 12.3 Å². The standard InChI is InChI=1S/C22H19F5N2O2/c23-13-8-14-19(11-5-12(6-11)22(28)30)20(29-21(14)16(25)9-13)10-1-2-15(24)17(7-10)31-4-3-18(26)27/h1-2,7-9,11-12,18,29H,3-6H2,(H2,28,30). The number of aromatic nitrogens is 1. The zero-order valence-electron chi connectivity index (χ0n) is 16.2. The highest BCUT2D eigenvalue weighted by atomic mass is 19.3. The van der Waals surface area contributed by atoms with E-state index >= 15 is 0 Å². The van der Waals surface area contributed by atoms with E-state index in [0.29, 0.717) is 35.0 Å². The van der Waals surface area contributed by atoms with Crippen LogP contribution >= 0.6 is 0 Å². The summed E-state index contributed by atoms with van der Waals surface area (Å²) in [6, 6.07) is 5.83. The summed E-state index contributed by atoms with van der Waals surface area (Å²) in [5.74, 6) is -3.45. The minimum absolute atomic E-state index is 0.0819. The number of hydrogen-bond acceptors (Lipinski definition) is 2. The minimum atomic E-state index is -2.58. The maximum atomic E-state index is 14.4. The molecule has 0 aliphatic heterocycles. The summed E-state index contributed by atoms with van der Waals surface area (Å²) in [5, 5.41) is 0.324. The fraction of sp³-hybridized carbons (Fsp3) is 0.318.